The molecule has 0 bridgehead atoms. The van der Waals surface area contributed by atoms with Crippen molar-refractivity contribution in [2.24, 2.45) is 0 Å². The van der Waals surface area contributed by atoms with E-state index in [1.54, 1.807) is 0 Å². The fourth-order valence-electron chi connectivity index (χ4n) is 2.26. The normalized spacial score (nSPS) is 14.9. The van der Waals surface area contributed by atoms with E-state index >= 15 is 0 Å². The molecule has 0 radical (unpaired) electrons. The number of carbonyl (C=O) groups excluding carboxylic acids is 2. The van der Waals surface area contributed by atoms with E-state index in [2.05, 4.69) is 17.9 Å². The van der Waals surface area contributed by atoms with Gasteiger partial charge in [0.05, 0.1) is 12.6 Å². The lowest BCUT2D eigenvalue weighted by Crippen LogP contribution is -2.56. The van der Waals surface area contributed by atoms with Gasteiger partial charge in [-0.2, -0.15) is 12.6 Å². The number of esters is 1. The van der Waals surface area contributed by atoms with Crippen LogP contribution >= 0.6 is 12.6 Å². The summed E-state index contributed by atoms with van der Waals surface area (Å²) in [5, 5.41) is 3.18. The molecule has 1 N–H and O–H groups in total. The smallest absolute Gasteiger partial charge is 0.322 e. The molecule has 1 rings (SSSR count). The summed E-state index contributed by atoms with van der Waals surface area (Å²) < 4.78 is 4.81. The minimum atomic E-state index is -0.766. The number of thiol groups is 1. The number of hydrogen-bond acceptors (Lipinski definition) is 5. The van der Waals surface area contributed by atoms with Crippen LogP contribution in [0.3, 0.4) is 0 Å². The van der Waals surface area contributed by atoms with Crippen LogP contribution < -0.4 is 5.32 Å². The number of rotatable bonds is 9. The highest BCUT2D eigenvalue weighted by Crippen LogP contribution is 2.17. The number of Topliss-reactive ketones (excluding diaryl/α,β-unsaturated/α-hetero) is 1. The van der Waals surface area contributed by atoms with Crippen LogP contribution in [-0.4, -0.2) is 36.2 Å². The van der Waals surface area contributed by atoms with Gasteiger partial charge in [-0.25, -0.2) is 0 Å². The van der Waals surface area contributed by atoms with Crippen LogP contribution in [0.4, 0.5) is 0 Å². The van der Waals surface area contributed by atoms with E-state index in [9.17, 15) is 9.59 Å². The third kappa shape index (κ3) is 5.14. The van der Waals surface area contributed by atoms with Crippen molar-refractivity contribution in [3.05, 3.63) is 35.9 Å². The highest BCUT2D eigenvalue weighted by Gasteiger charge is 2.35. The first-order valence-electron chi connectivity index (χ1n) is 7.50. The zero-order valence-electron chi connectivity index (χ0n) is 13.5. The maximum absolute atomic E-state index is 12.7. The van der Waals surface area contributed by atoms with Crippen LogP contribution in [0.1, 0.15) is 32.3 Å². The molecule has 0 spiro atoms. The number of ether oxygens (including phenoxy) is 1. The lowest BCUT2D eigenvalue weighted by molar-refractivity contribution is -0.144. The molecule has 0 saturated carbocycles. The molecule has 0 saturated heterocycles. The van der Waals surface area contributed by atoms with Crippen molar-refractivity contribution in [3.63, 3.8) is 0 Å². The van der Waals surface area contributed by atoms with Gasteiger partial charge in [-0.15, -0.1) is 0 Å². The van der Waals surface area contributed by atoms with E-state index < -0.39 is 11.6 Å². The van der Waals surface area contributed by atoms with Gasteiger partial charge in [0.2, 0.25) is 0 Å². The highest BCUT2D eigenvalue weighted by molar-refractivity contribution is 7.80. The highest BCUT2D eigenvalue weighted by atomic mass is 32.1. The molecule has 0 fully saturated rings. The van der Waals surface area contributed by atoms with Crippen molar-refractivity contribution < 1.29 is 14.3 Å². The fraction of sp³-hybridized carbons (Fsp3) is 0.529. The summed E-state index contributed by atoms with van der Waals surface area (Å²) in [6.07, 6.45) is 1.45. The van der Waals surface area contributed by atoms with Gasteiger partial charge in [0.1, 0.15) is 6.04 Å². The maximum Gasteiger partial charge on any atom is 0.322 e. The second kappa shape index (κ2) is 8.96. The van der Waals surface area contributed by atoms with Gasteiger partial charge in [0.25, 0.3) is 0 Å². The third-order valence-corrected chi connectivity index (χ3v) is 4.18. The van der Waals surface area contributed by atoms with Crippen molar-refractivity contribution in [1.29, 1.82) is 0 Å². The molecule has 1 unspecified atom stereocenters. The molecule has 0 aromatic heterocycles. The standard InChI is InChI=1S/C17H25NO3S/c1-4-17(2,18-14(10-11-22)16(20)21-3)15(19)12-13-8-6-5-7-9-13/h5-9,14,18,22H,4,10-12H2,1-3H3/t14-,17?/m0/s1. The number of carbonyl (C=O) groups is 2. The lowest BCUT2D eigenvalue weighted by Gasteiger charge is -2.32. The molecule has 22 heavy (non-hydrogen) atoms. The number of methoxy groups -OCH3 is 1. The average Bonchev–Trinajstić information content (AvgIpc) is 2.54. The summed E-state index contributed by atoms with van der Waals surface area (Å²) in [5.74, 6) is 0.245. The Hall–Kier alpha value is -1.33. The molecule has 0 aliphatic carbocycles. The van der Waals surface area contributed by atoms with Crippen LogP contribution in [0.25, 0.3) is 0 Å². The molecule has 0 aliphatic rings. The zero-order chi connectivity index (χ0) is 16.6. The largest absolute Gasteiger partial charge is 0.468 e. The Balaban J connectivity index is 2.84. The summed E-state index contributed by atoms with van der Waals surface area (Å²) >= 11 is 4.17. The quantitative estimate of drug-likeness (QED) is 0.541. The van der Waals surface area contributed by atoms with Crippen LogP contribution in [0.2, 0.25) is 0 Å². The van der Waals surface area contributed by atoms with E-state index in [-0.39, 0.29) is 11.8 Å². The van der Waals surface area contributed by atoms with Crippen molar-refractivity contribution >= 4 is 24.4 Å². The van der Waals surface area contributed by atoms with Gasteiger partial charge < -0.3 is 4.74 Å². The Morgan fingerprint density at radius 3 is 2.45 bits per heavy atom. The predicted octanol–water partition coefficient (Wildman–Crippen LogP) is 2.42. The molecule has 1 aromatic carbocycles. The minimum absolute atomic E-state index is 0.0641. The number of nitrogens with one attached hydrogen (secondary N) is 1. The van der Waals surface area contributed by atoms with E-state index in [1.807, 2.05) is 44.2 Å². The van der Waals surface area contributed by atoms with E-state index in [0.717, 1.165) is 5.56 Å². The lowest BCUT2D eigenvalue weighted by atomic mass is 9.88. The number of benzene rings is 1. The first-order chi connectivity index (χ1) is 10.5. The van der Waals surface area contributed by atoms with Gasteiger partial charge in [-0.05, 0) is 31.1 Å². The Bertz CT molecular complexity index is 492. The van der Waals surface area contributed by atoms with Crippen LogP contribution in [0.5, 0.6) is 0 Å². The Kier molecular flexibility index (Phi) is 7.62. The molecule has 0 amide bonds. The molecule has 2 atom stereocenters. The van der Waals surface area contributed by atoms with Gasteiger partial charge in [-0.1, -0.05) is 37.3 Å². The topological polar surface area (TPSA) is 55.4 Å². The Morgan fingerprint density at radius 2 is 1.95 bits per heavy atom. The minimum Gasteiger partial charge on any atom is -0.468 e. The number of ketones is 1. The summed E-state index contributed by atoms with van der Waals surface area (Å²) in [6.45, 7) is 3.78. The van der Waals surface area contributed by atoms with E-state index in [0.29, 0.717) is 25.0 Å². The zero-order valence-corrected chi connectivity index (χ0v) is 14.4. The first kappa shape index (κ1) is 18.7. The van der Waals surface area contributed by atoms with Crippen molar-refractivity contribution in [3.8, 4) is 0 Å². The second-order valence-electron chi connectivity index (χ2n) is 5.50. The van der Waals surface area contributed by atoms with Crippen LogP contribution in [-0.2, 0) is 20.7 Å². The Morgan fingerprint density at radius 1 is 1.32 bits per heavy atom. The molecule has 0 heterocycles. The molecular weight excluding hydrogens is 298 g/mol. The third-order valence-electron chi connectivity index (χ3n) is 3.93. The van der Waals surface area contributed by atoms with Gasteiger partial charge >= 0.3 is 5.97 Å². The molecular formula is C17H25NO3S. The summed E-state index contributed by atoms with van der Waals surface area (Å²) in [6, 6.07) is 9.09. The fourth-order valence-corrected chi connectivity index (χ4v) is 2.52. The monoisotopic (exact) mass is 323 g/mol. The van der Waals surface area contributed by atoms with Crippen molar-refractivity contribution in [2.75, 3.05) is 12.9 Å². The van der Waals surface area contributed by atoms with Crippen molar-refractivity contribution in [1.82, 2.24) is 5.32 Å². The summed E-state index contributed by atoms with van der Waals surface area (Å²) in [5.41, 5.74) is 0.204. The molecule has 4 nitrogen and oxygen atoms in total. The maximum atomic E-state index is 12.7. The van der Waals surface area contributed by atoms with Gasteiger partial charge in [0.15, 0.2) is 5.78 Å². The van der Waals surface area contributed by atoms with E-state index in [1.165, 1.54) is 7.11 Å². The molecule has 0 aliphatic heterocycles. The number of hydrogen-bond donors (Lipinski definition) is 2. The SMILES string of the molecule is CCC(C)(N[C@@H](CCS)C(=O)OC)C(=O)Cc1ccccc1. The van der Waals surface area contributed by atoms with Gasteiger partial charge in [-0.3, -0.25) is 14.9 Å². The molecule has 122 valence electrons. The summed E-state index contributed by atoms with van der Waals surface area (Å²) in [4.78, 5) is 24.5. The van der Waals surface area contributed by atoms with Crippen LogP contribution in [0, 0.1) is 0 Å². The van der Waals surface area contributed by atoms with Crippen molar-refractivity contribution in [2.45, 2.75) is 44.7 Å². The van der Waals surface area contributed by atoms with Gasteiger partial charge in [0, 0.05) is 6.42 Å². The molecule has 5 heteroatoms. The second-order valence-corrected chi connectivity index (χ2v) is 5.95. The van der Waals surface area contributed by atoms with Crippen LogP contribution in [0.15, 0.2) is 30.3 Å². The molecule has 1 aromatic rings. The Labute approximate surface area is 138 Å². The van der Waals surface area contributed by atoms with E-state index in [4.69, 9.17) is 4.74 Å². The summed E-state index contributed by atoms with van der Waals surface area (Å²) in [7, 11) is 1.35. The predicted molar refractivity (Wildman–Crippen MR) is 91.3 cm³/mol. The first-order valence-corrected chi connectivity index (χ1v) is 8.13. The average molecular weight is 323 g/mol.